The maximum Gasteiger partial charge on any atom is 0.349 e. The van der Waals surface area contributed by atoms with Gasteiger partial charge in [-0.15, -0.1) is 0 Å². The molecule has 0 aliphatic heterocycles. The Kier molecular flexibility index (Phi) is 7.90. The van der Waals surface area contributed by atoms with Gasteiger partial charge >= 0.3 is 11.7 Å². The molecule has 0 aliphatic carbocycles. The maximum atomic E-state index is 12.4. The summed E-state index contributed by atoms with van der Waals surface area (Å²) in [6, 6.07) is -0.408. The minimum atomic E-state index is -1.81. The molecule has 1 aromatic rings. The summed E-state index contributed by atoms with van der Waals surface area (Å²) in [7, 11) is 1.31. The van der Waals surface area contributed by atoms with Gasteiger partial charge in [0.15, 0.2) is 6.10 Å². The van der Waals surface area contributed by atoms with Gasteiger partial charge in [-0.2, -0.15) is 4.98 Å². The van der Waals surface area contributed by atoms with E-state index >= 15 is 0 Å². The molecule has 0 fully saturated rings. The summed E-state index contributed by atoms with van der Waals surface area (Å²) < 4.78 is 11.8. The van der Waals surface area contributed by atoms with Crippen molar-refractivity contribution in [2.24, 2.45) is 11.7 Å². The molecule has 1 heterocycles. The second-order valence-electron chi connectivity index (χ2n) is 7.03. The van der Waals surface area contributed by atoms with Crippen LogP contribution >= 0.6 is 0 Å². The number of aliphatic hydroxyl groups is 2. The van der Waals surface area contributed by atoms with Gasteiger partial charge in [0, 0.05) is 13.3 Å². The van der Waals surface area contributed by atoms with Crippen molar-refractivity contribution in [1.29, 1.82) is 0 Å². The summed E-state index contributed by atoms with van der Waals surface area (Å²) >= 11 is 0. The molecular weight excluding hydrogens is 356 g/mol. The van der Waals surface area contributed by atoms with E-state index in [0.717, 1.165) is 4.57 Å². The van der Waals surface area contributed by atoms with E-state index in [1.807, 2.05) is 0 Å². The predicted molar refractivity (Wildman–Crippen MR) is 98.8 cm³/mol. The minimum Gasteiger partial charge on any atom is -0.455 e. The van der Waals surface area contributed by atoms with E-state index in [-0.39, 0.29) is 11.7 Å². The van der Waals surface area contributed by atoms with Crippen LogP contribution in [-0.4, -0.2) is 63.3 Å². The lowest BCUT2D eigenvalue weighted by Crippen LogP contribution is -2.57. The number of nitrogen functional groups attached to an aromatic ring is 1. The van der Waals surface area contributed by atoms with Crippen molar-refractivity contribution in [3.05, 3.63) is 22.7 Å². The first-order chi connectivity index (χ1) is 12.5. The minimum absolute atomic E-state index is 0.0408. The molecule has 1 aromatic heterocycles. The van der Waals surface area contributed by atoms with E-state index in [1.165, 1.54) is 26.3 Å². The van der Waals surface area contributed by atoms with Gasteiger partial charge in [0.25, 0.3) is 0 Å². The molecule has 0 radical (unpaired) electrons. The normalized spacial score (nSPS) is 18.4. The number of ether oxygens (including phenoxy) is 2. The van der Waals surface area contributed by atoms with Gasteiger partial charge in [0.2, 0.25) is 0 Å². The lowest BCUT2D eigenvalue weighted by atomic mass is 9.87. The molecule has 27 heavy (non-hydrogen) atoms. The smallest absolute Gasteiger partial charge is 0.349 e. The Morgan fingerprint density at radius 1 is 1.41 bits per heavy atom. The summed E-state index contributed by atoms with van der Waals surface area (Å²) in [5.74, 6) is -0.903. The van der Waals surface area contributed by atoms with E-state index in [9.17, 15) is 19.8 Å². The second-order valence-corrected chi connectivity index (χ2v) is 7.03. The van der Waals surface area contributed by atoms with E-state index in [2.05, 4.69) is 4.98 Å². The highest BCUT2D eigenvalue weighted by atomic mass is 16.6. The number of carbonyl (C=O) groups excluding carboxylic acids is 1. The summed E-state index contributed by atoms with van der Waals surface area (Å²) in [6.07, 6.45) is -0.962. The van der Waals surface area contributed by atoms with Crippen LogP contribution in [0.5, 0.6) is 0 Å². The third kappa shape index (κ3) is 5.25. The number of methoxy groups -OCH3 is 1. The topological polar surface area (TPSA) is 163 Å². The van der Waals surface area contributed by atoms with Crippen molar-refractivity contribution in [3.63, 3.8) is 0 Å². The number of rotatable bonds is 9. The van der Waals surface area contributed by atoms with Crippen LogP contribution in [0.25, 0.3) is 0 Å². The average Bonchev–Trinajstić information content (AvgIpc) is 2.60. The zero-order valence-corrected chi connectivity index (χ0v) is 16.3. The molecule has 0 saturated carbocycles. The Bertz CT molecular complexity index is 686. The molecule has 1 rings (SSSR count). The van der Waals surface area contributed by atoms with Gasteiger partial charge in [-0.3, -0.25) is 9.36 Å². The number of anilines is 1. The summed E-state index contributed by atoms with van der Waals surface area (Å²) in [5.41, 5.74) is 8.83. The molecule has 0 bridgehead atoms. The van der Waals surface area contributed by atoms with Crippen LogP contribution in [0.2, 0.25) is 0 Å². The largest absolute Gasteiger partial charge is 0.455 e. The van der Waals surface area contributed by atoms with Gasteiger partial charge < -0.3 is 31.2 Å². The number of hydrogen-bond acceptors (Lipinski definition) is 9. The summed E-state index contributed by atoms with van der Waals surface area (Å²) in [5, 5.41) is 20.8. The number of carbonyl (C=O) groups is 1. The molecule has 0 spiro atoms. The number of nitrogens with two attached hydrogens (primary N) is 2. The molecule has 0 aromatic carbocycles. The average molecular weight is 386 g/mol. The highest BCUT2D eigenvalue weighted by Crippen LogP contribution is 2.30. The summed E-state index contributed by atoms with van der Waals surface area (Å²) in [4.78, 5) is 28.1. The zero-order chi connectivity index (χ0) is 20.9. The van der Waals surface area contributed by atoms with Gasteiger partial charge in [-0.25, -0.2) is 4.79 Å². The van der Waals surface area contributed by atoms with Crippen molar-refractivity contribution < 1.29 is 24.5 Å². The monoisotopic (exact) mass is 386 g/mol. The molecule has 0 saturated heterocycles. The first-order valence-corrected chi connectivity index (χ1v) is 8.64. The van der Waals surface area contributed by atoms with Crippen LogP contribution in [0.3, 0.4) is 0 Å². The maximum absolute atomic E-state index is 12.4. The standard InChI is InChI=1S/C17H30N4O6/c1-9(2)13(19)15(23)27-14(11(8-22)26-5)17(4,25)10(3)21-7-6-12(18)20-16(21)24/h6-7,9-11,13-14,22,25H,8,19H2,1-5H3,(H2,18,20,24)/t10-,11-,13?,14?,17-/m1/s1. The quantitative estimate of drug-likeness (QED) is 0.391. The fraction of sp³-hybridized carbons (Fsp3) is 0.706. The third-order valence-electron chi connectivity index (χ3n) is 4.74. The Hall–Kier alpha value is -2.01. The van der Waals surface area contributed by atoms with Crippen LogP contribution < -0.4 is 17.2 Å². The van der Waals surface area contributed by atoms with Gasteiger partial charge in [-0.1, -0.05) is 13.8 Å². The first kappa shape index (κ1) is 23.0. The van der Waals surface area contributed by atoms with Crippen LogP contribution in [0, 0.1) is 5.92 Å². The van der Waals surface area contributed by atoms with Crippen LogP contribution in [0.15, 0.2) is 17.1 Å². The predicted octanol–water partition coefficient (Wildman–Crippen LogP) is -0.960. The Balaban J connectivity index is 3.28. The van der Waals surface area contributed by atoms with E-state index in [1.54, 1.807) is 20.8 Å². The number of aliphatic hydroxyl groups excluding tert-OH is 1. The molecular formula is C17H30N4O6. The van der Waals surface area contributed by atoms with Crippen LogP contribution in [0.1, 0.15) is 33.7 Å². The van der Waals surface area contributed by atoms with Crippen molar-refractivity contribution in [2.45, 2.75) is 57.6 Å². The first-order valence-electron chi connectivity index (χ1n) is 8.64. The van der Waals surface area contributed by atoms with E-state index in [0.29, 0.717) is 0 Å². The van der Waals surface area contributed by atoms with Gasteiger partial charge in [0.05, 0.1) is 12.6 Å². The lowest BCUT2D eigenvalue weighted by molar-refractivity contribution is -0.194. The Labute approximate surface area is 158 Å². The highest BCUT2D eigenvalue weighted by Gasteiger charge is 2.46. The van der Waals surface area contributed by atoms with E-state index in [4.69, 9.17) is 20.9 Å². The molecule has 0 aliphatic rings. The van der Waals surface area contributed by atoms with Crippen molar-refractivity contribution >= 4 is 11.8 Å². The zero-order valence-electron chi connectivity index (χ0n) is 16.3. The second kappa shape index (κ2) is 9.27. The fourth-order valence-corrected chi connectivity index (χ4v) is 2.58. The third-order valence-corrected chi connectivity index (χ3v) is 4.74. The molecule has 10 heteroatoms. The SMILES string of the molecule is CO[C@H](CO)C(OC(=O)C(N)C(C)C)[C@](C)(O)[C@@H](C)n1ccc(N)nc1=O. The van der Waals surface area contributed by atoms with Crippen LogP contribution in [-0.2, 0) is 14.3 Å². The van der Waals surface area contributed by atoms with Crippen LogP contribution in [0.4, 0.5) is 5.82 Å². The molecule has 0 amide bonds. The Morgan fingerprint density at radius 3 is 2.44 bits per heavy atom. The molecule has 5 atom stereocenters. The molecule has 6 N–H and O–H groups in total. The number of hydrogen-bond donors (Lipinski definition) is 4. The van der Waals surface area contributed by atoms with Gasteiger partial charge in [0.1, 0.15) is 23.6 Å². The van der Waals surface area contributed by atoms with Crippen molar-refractivity contribution in [3.8, 4) is 0 Å². The van der Waals surface area contributed by atoms with Crippen molar-refractivity contribution in [1.82, 2.24) is 9.55 Å². The highest BCUT2D eigenvalue weighted by molar-refractivity contribution is 5.76. The van der Waals surface area contributed by atoms with Crippen molar-refractivity contribution in [2.75, 3.05) is 19.5 Å². The van der Waals surface area contributed by atoms with Gasteiger partial charge in [-0.05, 0) is 25.8 Å². The molecule has 154 valence electrons. The number of aromatic nitrogens is 2. The number of nitrogens with zero attached hydrogens (tertiary/aromatic N) is 2. The molecule has 10 nitrogen and oxygen atoms in total. The van der Waals surface area contributed by atoms with E-state index < -0.39 is 48.2 Å². The fourth-order valence-electron chi connectivity index (χ4n) is 2.58. The lowest BCUT2D eigenvalue weighted by Gasteiger charge is -2.40. The Morgan fingerprint density at radius 2 is 2.00 bits per heavy atom. The number of esters is 1. The summed E-state index contributed by atoms with van der Waals surface area (Å²) in [6.45, 7) is 5.90. The molecule has 2 unspecified atom stereocenters.